The monoisotopic (exact) mass is 464 g/mol. The van der Waals surface area contributed by atoms with Gasteiger partial charge in [0.05, 0.1) is 18.2 Å². The summed E-state index contributed by atoms with van der Waals surface area (Å²) in [6.07, 6.45) is -4.58. The molecule has 3 nitrogen and oxygen atoms in total. The van der Waals surface area contributed by atoms with Crippen molar-refractivity contribution in [3.63, 3.8) is 0 Å². The van der Waals surface area contributed by atoms with E-state index in [0.29, 0.717) is 4.47 Å². The zero-order valence-corrected chi connectivity index (χ0v) is 15.3. The fraction of sp³-hybridized carbons (Fsp3) is 0.125. The van der Waals surface area contributed by atoms with Crippen molar-refractivity contribution in [3.8, 4) is 0 Å². The highest BCUT2D eigenvalue weighted by Gasteiger charge is 2.31. The zero-order valence-electron chi connectivity index (χ0n) is 12.1. The summed E-state index contributed by atoms with van der Waals surface area (Å²) in [6.45, 7) is 0. The van der Waals surface area contributed by atoms with Crippen molar-refractivity contribution in [3.05, 3.63) is 67.6 Å². The first kappa shape index (κ1) is 18.7. The Hall–Kier alpha value is -1.67. The van der Waals surface area contributed by atoms with E-state index in [4.69, 9.17) is 0 Å². The average molecular weight is 466 g/mol. The van der Waals surface area contributed by atoms with Gasteiger partial charge in [-0.05, 0) is 36.4 Å². The summed E-state index contributed by atoms with van der Waals surface area (Å²) in [7, 11) is 1.19. The molecule has 0 unspecified atom stereocenters. The van der Waals surface area contributed by atoms with Crippen LogP contribution in [0.4, 0.5) is 13.2 Å². The molecule has 0 spiro atoms. The van der Waals surface area contributed by atoms with E-state index in [2.05, 4.69) is 36.6 Å². The number of carbonyl (C=O) groups is 2. The first-order valence-electron chi connectivity index (χ1n) is 6.43. The minimum Gasteiger partial charge on any atom is -0.465 e. The third-order valence-corrected chi connectivity index (χ3v) is 3.98. The topological polar surface area (TPSA) is 43.4 Å². The molecule has 8 heteroatoms. The Bertz CT molecular complexity index is 817. The Morgan fingerprint density at radius 2 is 1.38 bits per heavy atom. The summed E-state index contributed by atoms with van der Waals surface area (Å²) >= 11 is 6.14. The van der Waals surface area contributed by atoms with Gasteiger partial charge in [0.15, 0.2) is 5.78 Å². The van der Waals surface area contributed by atoms with E-state index in [-0.39, 0.29) is 21.2 Å². The number of hydrogen-bond donors (Lipinski definition) is 0. The fourth-order valence-corrected chi connectivity index (χ4v) is 2.99. The van der Waals surface area contributed by atoms with Crippen LogP contribution < -0.4 is 0 Å². The van der Waals surface area contributed by atoms with Crippen LogP contribution in [0.3, 0.4) is 0 Å². The number of ether oxygens (including phenoxy) is 1. The lowest BCUT2D eigenvalue weighted by Gasteiger charge is -2.10. The summed E-state index contributed by atoms with van der Waals surface area (Å²) in [5.41, 5.74) is -0.911. The second-order valence-corrected chi connectivity index (χ2v) is 6.61. The molecule has 0 saturated heterocycles. The molecular weight excluding hydrogens is 457 g/mol. The van der Waals surface area contributed by atoms with Crippen molar-refractivity contribution in [1.82, 2.24) is 0 Å². The summed E-state index contributed by atoms with van der Waals surface area (Å²) in [5, 5.41) is 0. The van der Waals surface area contributed by atoms with E-state index in [9.17, 15) is 22.8 Å². The number of hydrogen-bond acceptors (Lipinski definition) is 3. The molecule has 0 aliphatic heterocycles. The van der Waals surface area contributed by atoms with E-state index in [0.717, 1.165) is 12.1 Å². The van der Waals surface area contributed by atoms with Crippen molar-refractivity contribution in [2.45, 2.75) is 6.18 Å². The molecule has 2 aromatic rings. The van der Waals surface area contributed by atoms with Crippen molar-refractivity contribution in [1.29, 1.82) is 0 Å². The third-order valence-electron chi connectivity index (χ3n) is 3.07. The second-order valence-electron chi connectivity index (χ2n) is 4.78. The van der Waals surface area contributed by atoms with Crippen LogP contribution >= 0.6 is 31.9 Å². The van der Waals surface area contributed by atoms with Gasteiger partial charge in [-0.25, -0.2) is 4.79 Å². The van der Waals surface area contributed by atoms with E-state index < -0.39 is 23.5 Å². The van der Waals surface area contributed by atoms with E-state index in [1.165, 1.54) is 31.4 Å². The Labute approximate surface area is 152 Å². The molecule has 0 saturated carbocycles. The number of carbonyl (C=O) groups excluding carboxylic acids is 2. The summed E-state index contributed by atoms with van der Waals surface area (Å²) in [5.74, 6) is -1.30. The number of benzene rings is 2. The van der Waals surface area contributed by atoms with Crippen LogP contribution in [0.2, 0.25) is 0 Å². The maximum Gasteiger partial charge on any atom is 0.416 e. The third kappa shape index (κ3) is 4.24. The highest BCUT2D eigenvalue weighted by molar-refractivity contribution is 9.10. The highest BCUT2D eigenvalue weighted by Crippen LogP contribution is 2.32. The SMILES string of the molecule is COC(=O)c1cc(Br)cc(C(=O)c2cc(Br)cc(C(F)(F)F)c2)c1. The molecule has 0 radical (unpaired) electrons. The lowest BCUT2D eigenvalue weighted by Crippen LogP contribution is -2.10. The summed E-state index contributed by atoms with van der Waals surface area (Å²) < 4.78 is 43.8. The van der Waals surface area contributed by atoms with Crippen LogP contribution in [0.1, 0.15) is 31.8 Å². The van der Waals surface area contributed by atoms with Gasteiger partial charge in [0.2, 0.25) is 0 Å². The van der Waals surface area contributed by atoms with Gasteiger partial charge in [-0.2, -0.15) is 13.2 Å². The molecule has 0 amide bonds. The van der Waals surface area contributed by atoms with E-state index in [1.807, 2.05) is 0 Å². The van der Waals surface area contributed by atoms with Gasteiger partial charge in [0.25, 0.3) is 0 Å². The Morgan fingerprint density at radius 3 is 1.92 bits per heavy atom. The number of alkyl halides is 3. The number of rotatable bonds is 3. The first-order chi connectivity index (χ1) is 11.1. The van der Waals surface area contributed by atoms with E-state index >= 15 is 0 Å². The lowest BCUT2D eigenvalue weighted by atomic mass is 9.99. The second kappa shape index (κ2) is 7.06. The molecule has 24 heavy (non-hydrogen) atoms. The van der Waals surface area contributed by atoms with Crippen LogP contribution in [0.5, 0.6) is 0 Å². The maximum atomic E-state index is 12.9. The minimum absolute atomic E-state index is 0.0657. The van der Waals surface area contributed by atoms with Crippen LogP contribution in [0.25, 0.3) is 0 Å². The first-order valence-corrected chi connectivity index (χ1v) is 8.02. The molecular formula is C16H9Br2F3O3. The molecule has 2 aromatic carbocycles. The number of halogens is 5. The predicted octanol–water partition coefficient (Wildman–Crippen LogP) is 5.25. The zero-order chi connectivity index (χ0) is 18.1. The molecule has 126 valence electrons. The van der Waals surface area contributed by atoms with E-state index in [1.54, 1.807) is 0 Å². The summed E-state index contributed by atoms with van der Waals surface area (Å²) in [4.78, 5) is 24.1. The fourth-order valence-electron chi connectivity index (χ4n) is 2.01. The summed E-state index contributed by atoms with van der Waals surface area (Å²) in [6, 6.07) is 7.08. The number of ketones is 1. The normalized spacial score (nSPS) is 11.2. The smallest absolute Gasteiger partial charge is 0.416 e. The maximum absolute atomic E-state index is 12.9. The Kier molecular flexibility index (Phi) is 5.49. The van der Waals surface area contributed by atoms with Gasteiger partial charge in [0.1, 0.15) is 0 Å². The van der Waals surface area contributed by atoms with Crippen molar-refractivity contribution in [2.24, 2.45) is 0 Å². The highest BCUT2D eigenvalue weighted by atomic mass is 79.9. The molecule has 0 aliphatic carbocycles. The average Bonchev–Trinajstić information content (AvgIpc) is 2.51. The van der Waals surface area contributed by atoms with Crippen LogP contribution in [-0.2, 0) is 10.9 Å². The van der Waals surface area contributed by atoms with Gasteiger partial charge in [-0.1, -0.05) is 31.9 Å². The standard InChI is InChI=1S/C16H9Br2F3O3/c1-24-15(23)10-2-8(4-12(17)6-10)14(22)9-3-11(16(19,20)21)7-13(18)5-9/h2-7H,1H3. The molecule has 0 bridgehead atoms. The van der Waals surface area contributed by atoms with Crippen LogP contribution in [0, 0.1) is 0 Å². The Balaban J connectivity index is 2.51. The molecule has 0 aromatic heterocycles. The van der Waals surface area contributed by atoms with Crippen molar-refractivity contribution >= 4 is 43.6 Å². The molecule has 0 N–H and O–H groups in total. The Morgan fingerprint density at radius 1 is 0.875 bits per heavy atom. The van der Waals surface area contributed by atoms with Gasteiger partial charge in [-0.15, -0.1) is 0 Å². The van der Waals surface area contributed by atoms with Crippen LogP contribution in [0.15, 0.2) is 45.3 Å². The largest absolute Gasteiger partial charge is 0.465 e. The molecule has 0 fully saturated rings. The van der Waals surface area contributed by atoms with Gasteiger partial charge < -0.3 is 4.74 Å². The number of methoxy groups -OCH3 is 1. The quantitative estimate of drug-likeness (QED) is 0.459. The van der Waals surface area contributed by atoms with Crippen LogP contribution in [-0.4, -0.2) is 18.9 Å². The molecule has 2 rings (SSSR count). The minimum atomic E-state index is -4.58. The van der Waals surface area contributed by atoms with Crippen molar-refractivity contribution in [2.75, 3.05) is 7.11 Å². The van der Waals surface area contributed by atoms with Crippen molar-refractivity contribution < 1.29 is 27.5 Å². The molecule has 0 aliphatic rings. The molecule has 0 heterocycles. The number of esters is 1. The lowest BCUT2D eigenvalue weighted by molar-refractivity contribution is -0.137. The van der Waals surface area contributed by atoms with Gasteiger partial charge >= 0.3 is 12.1 Å². The molecule has 0 atom stereocenters. The predicted molar refractivity (Wildman–Crippen MR) is 88.1 cm³/mol. The van der Waals surface area contributed by atoms with Gasteiger partial charge in [0, 0.05) is 20.1 Å². The van der Waals surface area contributed by atoms with Gasteiger partial charge in [-0.3, -0.25) is 4.79 Å².